The Balaban J connectivity index is 2.40. The van der Waals surface area contributed by atoms with E-state index in [1.165, 1.54) is 0 Å². The third-order valence-electron chi connectivity index (χ3n) is 2.86. The quantitative estimate of drug-likeness (QED) is 0.769. The van der Waals surface area contributed by atoms with Crippen molar-refractivity contribution >= 4 is 0 Å². The number of ether oxygens (including phenoxy) is 1. The molecule has 0 spiro atoms. The Morgan fingerprint density at radius 3 is 2.94 bits per heavy atom. The minimum absolute atomic E-state index is 0.110. The second kappa shape index (κ2) is 6.66. The number of nitrogens with two attached hydrogens (primary N) is 1. The summed E-state index contributed by atoms with van der Waals surface area (Å²) in [6.07, 6.45) is 5.00. The van der Waals surface area contributed by atoms with Gasteiger partial charge >= 0.3 is 0 Å². The number of hydrogen-bond acceptors (Lipinski definition) is 3. The third-order valence-corrected chi connectivity index (χ3v) is 2.86. The van der Waals surface area contributed by atoms with E-state index in [2.05, 4.69) is 25.0 Å². The summed E-state index contributed by atoms with van der Waals surface area (Å²) in [6.45, 7) is 4.96. The number of hydrogen-bond donors (Lipinski definition) is 1. The van der Waals surface area contributed by atoms with Gasteiger partial charge in [-0.05, 0) is 32.3 Å². The van der Waals surface area contributed by atoms with Crippen molar-refractivity contribution in [1.82, 2.24) is 9.78 Å². The zero-order valence-electron chi connectivity index (χ0n) is 10.5. The molecule has 4 nitrogen and oxygen atoms in total. The molecular weight excluding hydrogens is 202 g/mol. The van der Waals surface area contributed by atoms with Gasteiger partial charge in [0.05, 0.1) is 12.3 Å². The van der Waals surface area contributed by atoms with Crippen molar-refractivity contribution in [3.05, 3.63) is 18.0 Å². The smallest absolute Gasteiger partial charge is 0.0625 e. The summed E-state index contributed by atoms with van der Waals surface area (Å²) in [7, 11) is 1.68. The van der Waals surface area contributed by atoms with Crippen LogP contribution in [0.25, 0.3) is 0 Å². The summed E-state index contributed by atoms with van der Waals surface area (Å²) < 4.78 is 7.03. The molecule has 2 unspecified atom stereocenters. The van der Waals surface area contributed by atoms with Crippen molar-refractivity contribution in [3.8, 4) is 0 Å². The van der Waals surface area contributed by atoms with E-state index in [1.54, 1.807) is 7.11 Å². The van der Waals surface area contributed by atoms with Crippen LogP contribution in [0, 0.1) is 0 Å². The van der Waals surface area contributed by atoms with Crippen molar-refractivity contribution in [1.29, 1.82) is 0 Å². The van der Waals surface area contributed by atoms with Gasteiger partial charge in [0, 0.05) is 25.4 Å². The number of aromatic nitrogens is 2. The highest BCUT2D eigenvalue weighted by Gasteiger charge is 2.07. The first-order valence-electron chi connectivity index (χ1n) is 5.96. The molecule has 92 valence electrons. The Bertz CT molecular complexity index is 298. The Labute approximate surface area is 97.8 Å². The SMILES string of the molecule is CCC(C)n1ccc(CCC(N)COC)n1. The van der Waals surface area contributed by atoms with Crippen LogP contribution < -0.4 is 5.73 Å². The monoisotopic (exact) mass is 225 g/mol. The maximum atomic E-state index is 5.87. The Hall–Kier alpha value is -0.870. The summed E-state index contributed by atoms with van der Waals surface area (Å²) >= 11 is 0. The van der Waals surface area contributed by atoms with Crippen LogP contribution in [0.2, 0.25) is 0 Å². The van der Waals surface area contributed by atoms with E-state index in [0.717, 1.165) is 25.0 Å². The van der Waals surface area contributed by atoms with E-state index in [9.17, 15) is 0 Å². The van der Waals surface area contributed by atoms with E-state index in [0.29, 0.717) is 12.6 Å². The molecule has 0 aromatic carbocycles. The fourth-order valence-electron chi connectivity index (χ4n) is 1.57. The normalized spacial score (nSPS) is 15.0. The highest BCUT2D eigenvalue weighted by molar-refractivity contribution is 5.00. The molecule has 0 saturated carbocycles. The van der Waals surface area contributed by atoms with Crippen LogP contribution in [0.4, 0.5) is 0 Å². The summed E-state index contributed by atoms with van der Waals surface area (Å²) in [5, 5.41) is 4.53. The molecule has 1 aromatic rings. The largest absolute Gasteiger partial charge is 0.383 e. The Morgan fingerprint density at radius 1 is 1.56 bits per heavy atom. The van der Waals surface area contributed by atoms with Gasteiger partial charge in [-0.15, -0.1) is 0 Å². The molecule has 2 N–H and O–H groups in total. The van der Waals surface area contributed by atoms with Crippen LogP contribution >= 0.6 is 0 Å². The average Bonchev–Trinajstić information content (AvgIpc) is 2.74. The lowest BCUT2D eigenvalue weighted by atomic mass is 10.1. The molecule has 0 aliphatic carbocycles. The molecule has 1 aromatic heterocycles. The van der Waals surface area contributed by atoms with Crippen LogP contribution in [0.5, 0.6) is 0 Å². The van der Waals surface area contributed by atoms with E-state index >= 15 is 0 Å². The van der Waals surface area contributed by atoms with Gasteiger partial charge in [-0.25, -0.2) is 0 Å². The van der Waals surface area contributed by atoms with Crippen molar-refractivity contribution in [2.24, 2.45) is 5.73 Å². The van der Waals surface area contributed by atoms with Crippen LogP contribution in [0.1, 0.15) is 38.4 Å². The van der Waals surface area contributed by atoms with Crippen molar-refractivity contribution in [2.45, 2.75) is 45.2 Å². The number of rotatable bonds is 7. The fraction of sp³-hybridized carbons (Fsp3) is 0.750. The summed E-state index contributed by atoms with van der Waals surface area (Å²) in [5.74, 6) is 0. The second-order valence-electron chi connectivity index (χ2n) is 4.30. The maximum Gasteiger partial charge on any atom is 0.0625 e. The van der Waals surface area contributed by atoms with Crippen molar-refractivity contribution in [3.63, 3.8) is 0 Å². The predicted molar refractivity (Wildman–Crippen MR) is 65.4 cm³/mol. The van der Waals surface area contributed by atoms with Gasteiger partial charge in [0.15, 0.2) is 0 Å². The molecule has 1 rings (SSSR count). The molecule has 4 heteroatoms. The van der Waals surface area contributed by atoms with Crippen LogP contribution in [-0.4, -0.2) is 29.5 Å². The molecule has 0 amide bonds. The van der Waals surface area contributed by atoms with Crippen LogP contribution in [-0.2, 0) is 11.2 Å². The lowest BCUT2D eigenvalue weighted by molar-refractivity contribution is 0.177. The molecule has 0 aliphatic heterocycles. The minimum Gasteiger partial charge on any atom is -0.383 e. The lowest BCUT2D eigenvalue weighted by Crippen LogP contribution is -2.26. The standard InChI is InChI=1S/C12H23N3O/c1-4-10(2)15-8-7-12(14-15)6-5-11(13)9-16-3/h7-8,10-11H,4-6,9,13H2,1-3H3. The van der Waals surface area contributed by atoms with Gasteiger partial charge in [0.25, 0.3) is 0 Å². The zero-order valence-corrected chi connectivity index (χ0v) is 10.5. The molecule has 0 bridgehead atoms. The Kier molecular flexibility index (Phi) is 5.49. The van der Waals surface area contributed by atoms with Crippen molar-refractivity contribution < 1.29 is 4.74 Å². The number of aryl methyl sites for hydroxylation is 1. The minimum atomic E-state index is 0.110. The first kappa shape index (κ1) is 13.2. The van der Waals surface area contributed by atoms with Crippen molar-refractivity contribution in [2.75, 3.05) is 13.7 Å². The van der Waals surface area contributed by atoms with E-state index in [1.807, 2.05) is 10.9 Å². The molecule has 1 heterocycles. The molecular formula is C12H23N3O. The predicted octanol–water partition coefficient (Wildman–Crippen LogP) is 1.76. The van der Waals surface area contributed by atoms with E-state index in [-0.39, 0.29) is 6.04 Å². The van der Waals surface area contributed by atoms with E-state index in [4.69, 9.17) is 10.5 Å². The number of nitrogens with zero attached hydrogens (tertiary/aromatic N) is 2. The van der Waals surface area contributed by atoms with Crippen LogP contribution in [0.15, 0.2) is 12.3 Å². The van der Waals surface area contributed by atoms with Gasteiger partial charge in [-0.2, -0.15) is 5.10 Å². The molecule has 2 atom stereocenters. The van der Waals surface area contributed by atoms with Crippen LogP contribution in [0.3, 0.4) is 0 Å². The molecule has 0 radical (unpaired) electrons. The fourth-order valence-corrected chi connectivity index (χ4v) is 1.57. The first-order chi connectivity index (χ1) is 7.67. The highest BCUT2D eigenvalue weighted by atomic mass is 16.5. The molecule has 16 heavy (non-hydrogen) atoms. The third kappa shape index (κ3) is 3.94. The lowest BCUT2D eigenvalue weighted by Gasteiger charge is -2.09. The van der Waals surface area contributed by atoms with Gasteiger partial charge in [-0.3, -0.25) is 4.68 Å². The molecule has 0 fully saturated rings. The summed E-state index contributed by atoms with van der Waals surface area (Å²) in [5.41, 5.74) is 6.98. The second-order valence-corrected chi connectivity index (χ2v) is 4.30. The number of methoxy groups -OCH3 is 1. The van der Waals surface area contributed by atoms with Gasteiger partial charge in [0.1, 0.15) is 0 Å². The highest BCUT2D eigenvalue weighted by Crippen LogP contribution is 2.10. The van der Waals surface area contributed by atoms with E-state index < -0.39 is 0 Å². The van der Waals surface area contributed by atoms with Gasteiger partial charge in [0.2, 0.25) is 0 Å². The molecule has 0 aliphatic rings. The van der Waals surface area contributed by atoms with Gasteiger partial charge in [-0.1, -0.05) is 6.92 Å². The molecule has 0 saturated heterocycles. The van der Waals surface area contributed by atoms with Gasteiger partial charge < -0.3 is 10.5 Å². The summed E-state index contributed by atoms with van der Waals surface area (Å²) in [6, 6.07) is 2.66. The maximum absolute atomic E-state index is 5.87. The average molecular weight is 225 g/mol. The zero-order chi connectivity index (χ0) is 12.0. The Morgan fingerprint density at radius 2 is 2.31 bits per heavy atom. The topological polar surface area (TPSA) is 53.1 Å². The first-order valence-corrected chi connectivity index (χ1v) is 5.96. The summed E-state index contributed by atoms with van der Waals surface area (Å²) in [4.78, 5) is 0.